The fourth-order valence-electron chi connectivity index (χ4n) is 2.54. The van der Waals surface area contributed by atoms with Gasteiger partial charge in [-0.25, -0.2) is 0 Å². The highest BCUT2D eigenvalue weighted by molar-refractivity contribution is 7.09. The minimum absolute atomic E-state index is 0.0133. The van der Waals surface area contributed by atoms with E-state index in [1.54, 1.807) is 30.5 Å². The Morgan fingerprint density at radius 2 is 2.04 bits per heavy atom. The van der Waals surface area contributed by atoms with Gasteiger partial charge < -0.3 is 20.1 Å². The van der Waals surface area contributed by atoms with Crippen LogP contribution in [0.2, 0.25) is 0 Å². The van der Waals surface area contributed by atoms with Crippen molar-refractivity contribution in [1.29, 1.82) is 0 Å². The van der Waals surface area contributed by atoms with Gasteiger partial charge in [0.1, 0.15) is 0 Å². The van der Waals surface area contributed by atoms with Crippen LogP contribution in [0.25, 0.3) is 0 Å². The largest absolute Gasteiger partial charge is 0.493 e. The van der Waals surface area contributed by atoms with E-state index in [0.717, 1.165) is 18.5 Å². The molecule has 8 heteroatoms. The van der Waals surface area contributed by atoms with Crippen molar-refractivity contribution in [3.63, 3.8) is 0 Å². The smallest absolute Gasteiger partial charge is 0.387 e. The van der Waals surface area contributed by atoms with E-state index in [1.165, 1.54) is 18.1 Å². The van der Waals surface area contributed by atoms with Gasteiger partial charge in [-0.2, -0.15) is 8.78 Å². The molecule has 0 aliphatic heterocycles. The predicted molar refractivity (Wildman–Crippen MR) is 105 cm³/mol. The molecule has 148 valence electrons. The van der Waals surface area contributed by atoms with Crippen molar-refractivity contribution in [2.75, 3.05) is 20.7 Å². The van der Waals surface area contributed by atoms with E-state index in [-0.39, 0.29) is 11.5 Å². The van der Waals surface area contributed by atoms with Gasteiger partial charge in [-0.15, -0.1) is 11.3 Å². The first-order valence-electron chi connectivity index (χ1n) is 8.60. The number of nitrogens with zero attached hydrogens (tertiary/aromatic N) is 1. The second kappa shape index (κ2) is 10.7. The van der Waals surface area contributed by atoms with Crippen LogP contribution in [0.3, 0.4) is 0 Å². The molecule has 1 heterocycles. The summed E-state index contributed by atoms with van der Waals surface area (Å²) in [5.74, 6) is 1.39. The third-order valence-electron chi connectivity index (χ3n) is 3.88. The van der Waals surface area contributed by atoms with Gasteiger partial charge >= 0.3 is 6.61 Å². The SMILES string of the molecule is CN=C(NCc1ccc(OC)c(OC(F)F)c1)NCC(C)Cc1cccs1. The van der Waals surface area contributed by atoms with E-state index in [2.05, 4.69) is 44.8 Å². The summed E-state index contributed by atoms with van der Waals surface area (Å²) in [6, 6.07) is 9.12. The lowest BCUT2D eigenvalue weighted by Gasteiger charge is -2.16. The van der Waals surface area contributed by atoms with Crippen LogP contribution in [-0.4, -0.2) is 33.3 Å². The molecule has 0 amide bonds. The maximum absolute atomic E-state index is 12.5. The Kier molecular flexibility index (Phi) is 8.32. The van der Waals surface area contributed by atoms with Crippen LogP contribution in [0, 0.1) is 5.92 Å². The van der Waals surface area contributed by atoms with Gasteiger partial charge in [0.15, 0.2) is 17.5 Å². The molecule has 0 aliphatic carbocycles. The number of rotatable bonds is 9. The van der Waals surface area contributed by atoms with Crippen molar-refractivity contribution in [2.24, 2.45) is 10.9 Å². The Bertz CT molecular complexity index is 724. The van der Waals surface area contributed by atoms with Crippen molar-refractivity contribution in [1.82, 2.24) is 10.6 Å². The lowest BCUT2D eigenvalue weighted by molar-refractivity contribution is -0.0512. The number of benzene rings is 1. The van der Waals surface area contributed by atoms with Crippen molar-refractivity contribution >= 4 is 17.3 Å². The molecule has 0 radical (unpaired) electrons. The lowest BCUT2D eigenvalue weighted by Crippen LogP contribution is -2.39. The van der Waals surface area contributed by atoms with Gasteiger partial charge in [0, 0.05) is 25.0 Å². The number of alkyl halides is 2. The van der Waals surface area contributed by atoms with E-state index in [1.807, 2.05) is 0 Å². The van der Waals surface area contributed by atoms with Gasteiger partial charge in [-0.05, 0) is 41.5 Å². The predicted octanol–water partition coefficient (Wildman–Crippen LogP) is 3.90. The van der Waals surface area contributed by atoms with Crippen molar-refractivity contribution < 1.29 is 18.3 Å². The van der Waals surface area contributed by atoms with Crippen molar-refractivity contribution in [3.8, 4) is 11.5 Å². The van der Waals surface area contributed by atoms with Crippen LogP contribution in [0.1, 0.15) is 17.4 Å². The fraction of sp³-hybridized carbons (Fsp3) is 0.421. The Morgan fingerprint density at radius 3 is 2.67 bits per heavy atom. The molecule has 1 aromatic heterocycles. The molecular formula is C19H25F2N3O2S. The summed E-state index contributed by atoms with van der Waals surface area (Å²) in [5.41, 5.74) is 0.779. The van der Waals surface area contributed by atoms with Gasteiger partial charge in [0.25, 0.3) is 0 Å². The summed E-state index contributed by atoms with van der Waals surface area (Å²) in [4.78, 5) is 5.56. The zero-order valence-electron chi connectivity index (χ0n) is 15.7. The number of hydrogen-bond donors (Lipinski definition) is 2. The quantitative estimate of drug-likeness (QED) is 0.498. The van der Waals surface area contributed by atoms with Crippen LogP contribution in [0.4, 0.5) is 8.78 Å². The number of hydrogen-bond acceptors (Lipinski definition) is 4. The van der Waals surface area contributed by atoms with Crippen molar-refractivity contribution in [2.45, 2.75) is 26.5 Å². The first-order valence-corrected chi connectivity index (χ1v) is 9.48. The van der Waals surface area contributed by atoms with Gasteiger partial charge in [-0.1, -0.05) is 19.1 Å². The molecular weight excluding hydrogens is 372 g/mol. The lowest BCUT2D eigenvalue weighted by atomic mass is 10.1. The molecule has 1 unspecified atom stereocenters. The van der Waals surface area contributed by atoms with E-state index in [4.69, 9.17) is 4.74 Å². The van der Waals surface area contributed by atoms with Gasteiger partial charge in [0.2, 0.25) is 0 Å². The molecule has 0 aliphatic rings. The van der Waals surface area contributed by atoms with Crippen LogP contribution >= 0.6 is 11.3 Å². The molecule has 0 bridgehead atoms. The third kappa shape index (κ3) is 7.05. The normalized spacial score (nSPS) is 12.7. The summed E-state index contributed by atoms with van der Waals surface area (Å²) in [6.07, 6.45) is 1.01. The van der Waals surface area contributed by atoms with Crippen LogP contribution < -0.4 is 20.1 Å². The average molecular weight is 397 g/mol. The molecule has 2 aromatic rings. The molecule has 2 N–H and O–H groups in total. The molecule has 0 fully saturated rings. The molecule has 27 heavy (non-hydrogen) atoms. The molecule has 0 saturated heterocycles. The Hall–Kier alpha value is -2.35. The number of thiophene rings is 1. The Morgan fingerprint density at radius 1 is 1.22 bits per heavy atom. The maximum atomic E-state index is 12.5. The topological polar surface area (TPSA) is 54.9 Å². The van der Waals surface area contributed by atoms with Crippen LogP contribution in [-0.2, 0) is 13.0 Å². The summed E-state index contributed by atoms with van der Waals surface area (Å²) >= 11 is 1.76. The van der Waals surface area contributed by atoms with Crippen LogP contribution in [0.5, 0.6) is 11.5 Å². The monoisotopic (exact) mass is 397 g/mol. The van der Waals surface area contributed by atoms with Gasteiger partial charge in [-0.3, -0.25) is 4.99 Å². The zero-order chi connectivity index (χ0) is 19.6. The second-order valence-corrected chi connectivity index (χ2v) is 7.09. The average Bonchev–Trinajstić information content (AvgIpc) is 3.14. The van der Waals surface area contributed by atoms with Crippen LogP contribution in [0.15, 0.2) is 40.7 Å². The number of nitrogens with one attached hydrogen (secondary N) is 2. The number of methoxy groups -OCH3 is 1. The number of ether oxygens (including phenoxy) is 2. The summed E-state index contributed by atoms with van der Waals surface area (Å²) < 4.78 is 34.6. The minimum atomic E-state index is -2.90. The van der Waals surface area contributed by atoms with E-state index < -0.39 is 6.61 Å². The third-order valence-corrected chi connectivity index (χ3v) is 4.77. The number of halogens is 2. The molecule has 5 nitrogen and oxygen atoms in total. The summed E-state index contributed by atoms with van der Waals surface area (Å²) in [5, 5.41) is 8.54. The minimum Gasteiger partial charge on any atom is -0.493 e. The zero-order valence-corrected chi connectivity index (χ0v) is 16.5. The molecule has 0 saturated carbocycles. The first-order chi connectivity index (χ1) is 13.0. The maximum Gasteiger partial charge on any atom is 0.387 e. The standard InChI is InChI=1S/C19H25F2N3O2S/c1-13(9-15-5-4-8-27-15)11-23-19(22-2)24-12-14-6-7-16(25-3)17(10-14)26-18(20)21/h4-8,10,13,18H,9,11-12H2,1-3H3,(H2,22,23,24). The number of aliphatic imine (C=N–C) groups is 1. The Balaban J connectivity index is 1.86. The van der Waals surface area contributed by atoms with Crippen molar-refractivity contribution in [3.05, 3.63) is 46.2 Å². The van der Waals surface area contributed by atoms with E-state index in [9.17, 15) is 8.78 Å². The van der Waals surface area contributed by atoms with E-state index in [0.29, 0.717) is 18.4 Å². The van der Waals surface area contributed by atoms with E-state index >= 15 is 0 Å². The highest BCUT2D eigenvalue weighted by Crippen LogP contribution is 2.29. The second-order valence-electron chi connectivity index (χ2n) is 6.06. The first kappa shape index (κ1) is 21.0. The molecule has 2 rings (SSSR count). The highest BCUT2D eigenvalue weighted by atomic mass is 32.1. The van der Waals surface area contributed by atoms with Gasteiger partial charge in [0.05, 0.1) is 7.11 Å². The Labute approximate surface area is 162 Å². The summed E-state index contributed by atoms with van der Waals surface area (Å²) in [7, 11) is 3.10. The molecule has 1 aromatic carbocycles. The molecule has 1 atom stereocenters. The summed E-state index contributed by atoms with van der Waals surface area (Å²) in [6.45, 7) is 0.473. The number of guanidine groups is 1. The molecule has 0 spiro atoms. The highest BCUT2D eigenvalue weighted by Gasteiger charge is 2.12. The fourth-order valence-corrected chi connectivity index (χ4v) is 3.41.